The number of aldehydes is 1. The standard InChI is InChI=1S/C9H10N2O5S/c10-8(13)11-9(6-12,17(14,15)16)7-4-2-1-3-5-7/h1-6H,(H3,10,11,13)(H,14,15,16). The van der Waals surface area contributed by atoms with E-state index in [1.54, 1.807) is 11.4 Å². The molecule has 1 aromatic rings. The minimum atomic E-state index is -4.90. The van der Waals surface area contributed by atoms with E-state index in [2.05, 4.69) is 0 Å². The molecule has 1 aromatic carbocycles. The molecule has 0 heterocycles. The Morgan fingerprint density at radius 3 is 2.24 bits per heavy atom. The Morgan fingerprint density at radius 1 is 1.35 bits per heavy atom. The number of hydrogen-bond donors (Lipinski definition) is 3. The van der Waals surface area contributed by atoms with Crippen LogP contribution in [-0.4, -0.2) is 25.3 Å². The fourth-order valence-electron chi connectivity index (χ4n) is 1.31. The lowest BCUT2D eigenvalue weighted by molar-refractivity contribution is -0.110. The van der Waals surface area contributed by atoms with E-state index in [1.807, 2.05) is 0 Å². The molecule has 8 heteroatoms. The Kier molecular flexibility index (Phi) is 3.49. The molecular formula is C9H10N2O5S. The molecule has 0 aromatic heterocycles. The van der Waals surface area contributed by atoms with Crippen molar-refractivity contribution in [3.8, 4) is 0 Å². The van der Waals surface area contributed by atoms with E-state index < -0.39 is 21.0 Å². The fraction of sp³-hybridized carbons (Fsp3) is 0.111. The first-order chi connectivity index (χ1) is 7.83. The normalized spacial score (nSPS) is 14.6. The number of carbonyl (C=O) groups is 2. The highest BCUT2D eigenvalue weighted by Crippen LogP contribution is 2.24. The predicted octanol–water partition coefficient (Wildman–Crippen LogP) is -0.406. The fourth-order valence-corrected chi connectivity index (χ4v) is 2.10. The van der Waals surface area contributed by atoms with Gasteiger partial charge in [0.2, 0.25) is 4.87 Å². The Hall–Kier alpha value is -1.93. The summed E-state index contributed by atoms with van der Waals surface area (Å²) in [5.41, 5.74) is 4.69. The molecule has 1 atom stereocenters. The lowest BCUT2D eigenvalue weighted by Crippen LogP contribution is -2.54. The molecule has 0 radical (unpaired) electrons. The molecular weight excluding hydrogens is 248 g/mol. The molecule has 0 aliphatic carbocycles. The highest BCUT2D eigenvalue weighted by molar-refractivity contribution is 7.87. The lowest BCUT2D eigenvalue weighted by Gasteiger charge is -2.25. The maximum absolute atomic E-state index is 11.3. The first-order valence-electron chi connectivity index (χ1n) is 4.40. The monoisotopic (exact) mass is 258 g/mol. The highest BCUT2D eigenvalue weighted by atomic mass is 32.2. The maximum Gasteiger partial charge on any atom is 0.314 e. The molecule has 17 heavy (non-hydrogen) atoms. The molecule has 2 amide bonds. The zero-order valence-electron chi connectivity index (χ0n) is 8.53. The summed E-state index contributed by atoms with van der Waals surface area (Å²) in [6.45, 7) is 0. The summed E-state index contributed by atoms with van der Waals surface area (Å²) in [6.07, 6.45) is -0.0948. The number of benzene rings is 1. The third-order valence-electron chi connectivity index (χ3n) is 2.08. The average Bonchev–Trinajstić information content (AvgIpc) is 2.25. The summed E-state index contributed by atoms with van der Waals surface area (Å²) in [5, 5.41) is 1.73. The zero-order chi connectivity index (χ0) is 13.1. The van der Waals surface area contributed by atoms with Crippen LogP contribution in [-0.2, 0) is 19.8 Å². The number of rotatable bonds is 4. The molecule has 0 saturated carbocycles. The molecule has 0 aliphatic heterocycles. The number of nitrogens with one attached hydrogen (secondary N) is 1. The van der Waals surface area contributed by atoms with Gasteiger partial charge >= 0.3 is 16.1 Å². The van der Waals surface area contributed by atoms with Crippen molar-refractivity contribution in [1.82, 2.24) is 5.32 Å². The van der Waals surface area contributed by atoms with E-state index in [0.717, 1.165) is 0 Å². The van der Waals surface area contributed by atoms with Gasteiger partial charge < -0.3 is 11.1 Å². The molecule has 0 saturated heterocycles. The smallest absolute Gasteiger partial charge is 0.314 e. The van der Waals surface area contributed by atoms with E-state index >= 15 is 0 Å². The Labute approximate surface area is 97.4 Å². The third-order valence-corrected chi connectivity index (χ3v) is 3.33. The third kappa shape index (κ3) is 2.43. The SMILES string of the molecule is NC(=O)NC(C=O)(c1ccccc1)S(=O)(=O)O. The van der Waals surface area contributed by atoms with Crippen molar-refractivity contribution in [3.63, 3.8) is 0 Å². The van der Waals surface area contributed by atoms with Crippen molar-refractivity contribution < 1.29 is 22.6 Å². The van der Waals surface area contributed by atoms with Crippen LogP contribution in [0.25, 0.3) is 0 Å². The summed E-state index contributed by atoms with van der Waals surface area (Å²) in [5.74, 6) is 0. The molecule has 1 unspecified atom stereocenters. The lowest BCUT2D eigenvalue weighted by atomic mass is 10.1. The second kappa shape index (κ2) is 4.52. The van der Waals surface area contributed by atoms with E-state index in [1.165, 1.54) is 24.3 Å². The van der Waals surface area contributed by atoms with Crippen molar-refractivity contribution in [1.29, 1.82) is 0 Å². The van der Waals surface area contributed by atoms with Gasteiger partial charge in [-0.15, -0.1) is 0 Å². The van der Waals surface area contributed by atoms with Crippen LogP contribution in [0.2, 0.25) is 0 Å². The first-order valence-corrected chi connectivity index (χ1v) is 5.84. The topological polar surface area (TPSA) is 127 Å². The summed E-state index contributed by atoms with van der Waals surface area (Å²) in [6, 6.07) is 5.74. The number of primary amides is 1. The Morgan fingerprint density at radius 2 is 1.88 bits per heavy atom. The molecule has 1 rings (SSSR count). The van der Waals surface area contributed by atoms with Gasteiger partial charge in [0.05, 0.1) is 0 Å². The number of amides is 2. The van der Waals surface area contributed by atoms with E-state index in [9.17, 15) is 18.0 Å². The van der Waals surface area contributed by atoms with Crippen LogP contribution in [0.3, 0.4) is 0 Å². The largest absolute Gasteiger partial charge is 0.352 e. The summed E-state index contributed by atoms with van der Waals surface area (Å²) in [4.78, 5) is 19.2. The quantitative estimate of drug-likeness (QED) is 0.500. The van der Waals surface area contributed by atoms with Gasteiger partial charge in [0, 0.05) is 5.56 Å². The minimum absolute atomic E-state index is 0.0948. The van der Waals surface area contributed by atoms with Crippen LogP contribution in [0.1, 0.15) is 5.56 Å². The molecule has 4 N–H and O–H groups in total. The number of carbonyl (C=O) groups excluding carboxylic acids is 2. The van der Waals surface area contributed by atoms with Crippen molar-refractivity contribution in [2.45, 2.75) is 4.87 Å². The summed E-state index contributed by atoms with van der Waals surface area (Å²) >= 11 is 0. The number of urea groups is 1. The van der Waals surface area contributed by atoms with Crippen LogP contribution < -0.4 is 11.1 Å². The predicted molar refractivity (Wildman–Crippen MR) is 58.5 cm³/mol. The van der Waals surface area contributed by atoms with Gasteiger partial charge in [-0.05, 0) is 0 Å². The number of hydrogen-bond acceptors (Lipinski definition) is 4. The highest BCUT2D eigenvalue weighted by Gasteiger charge is 2.46. The second-order valence-electron chi connectivity index (χ2n) is 3.18. The first kappa shape index (κ1) is 13.1. The zero-order valence-corrected chi connectivity index (χ0v) is 9.35. The molecule has 0 fully saturated rings. The van der Waals surface area contributed by atoms with Crippen molar-refractivity contribution in [2.75, 3.05) is 0 Å². The summed E-state index contributed by atoms with van der Waals surface area (Å²) < 4.78 is 31.6. The molecule has 0 aliphatic rings. The maximum atomic E-state index is 11.3. The van der Waals surface area contributed by atoms with Gasteiger partial charge in [0.25, 0.3) is 0 Å². The van der Waals surface area contributed by atoms with Crippen LogP contribution in [0, 0.1) is 0 Å². The number of nitrogens with two attached hydrogens (primary N) is 1. The van der Waals surface area contributed by atoms with Crippen LogP contribution in [0.4, 0.5) is 4.79 Å². The van der Waals surface area contributed by atoms with Gasteiger partial charge in [0.15, 0.2) is 6.29 Å². The van der Waals surface area contributed by atoms with Crippen LogP contribution >= 0.6 is 0 Å². The summed E-state index contributed by atoms with van der Waals surface area (Å²) in [7, 11) is -4.90. The molecule has 0 bridgehead atoms. The molecule has 92 valence electrons. The van der Waals surface area contributed by atoms with Crippen molar-refractivity contribution >= 4 is 22.4 Å². The second-order valence-corrected chi connectivity index (χ2v) is 4.78. The van der Waals surface area contributed by atoms with Crippen molar-refractivity contribution in [3.05, 3.63) is 35.9 Å². The van der Waals surface area contributed by atoms with Gasteiger partial charge in [0.1, 0.15) is 0 Å². The van der Waals surface area contributed by atoms with Gasteiger partial charge in [-0.2, -0.15) is 8.42 Å². The Balaban J connectivity index is 3.48. The molecule has 7 nitrogen and oxygen atoms in total. The van der Waals surface area contributed by atoms with Crippen LogP contribution in [0.15, 0.2) is 30.3 Å². The Bertz CT molecular complexity index is 528. The van der Waals surface area contributed by atoms with Gasteiger partial charge in [-0.25, -0.2) is 4.79 Å². The van der Waals surface area contributed by atoms with Crippen molar-refractivity contribution in [2.24, 2.45) is 5.73 Å². The minimum Gasteiger partial charge on any atom is -0.352 e. The average molecular weight is 258 g/mol. The van der Waals surface area contributed by atoms with Crippen LogP contribution in [0.5, 0.6) is 0 Å². The van der Waals surface area contributed by atoms with Gasteiger partial charge in [-0.1, -0.05) is 30.3 Å². The van der Waals surface area contributed by atoms with Gasteiger partial charge in [-0.3, -0.25) is 9.35 Å². The molecule has 0 spiro atoms. The van der Waals surface area contributed by atoms with E-state index in [4.69, 9.17) is 10.3 Å². The van der Waals surface area contributed by atoms with E-state index in [0.29, 0.717) is 0 Å². The van der Waals surface area contributed by atoms with E-state index in [-0.39, 0.29) is 11.8 Å².